The fraction of sp³-hybridized carbons (Fsp3) is 0.360. The largest absolute Gasteiger partial charge is 0.369 e. The number of halogens is 1. The zero-order chi connectivity index (χ0) is 22.3. The second-order valence-electron chi connectivity index (χ2n) is 8.80. The Kier molecular flexibility index (Phi) is 5.93. The number of amides is 1. The lowest BCUT2D eigenvalue weighted by atomic mass is 9.80. The summed E-state index contributed by atoms with van der Waals surface area (Å²) in [5, 5.41) is 1.36. The third-order valence-corrected chi connectivity index (χ3v) is 7.56. The maximum atomic E-state index is 13.0. The summed E-state index contributed by atoms with van der Waals surface area (Å²) in [5.74, 6) is 0.396. The fourth-order valence-electron chi connectivity index (χ4n) is 4.34. The van der Waals surface area contributed by atoms with Gasteiger partial charge in [-0.1, -0.05) is 36.7 Å². The molecule has 2 aliphatic heterocycles. The van der Waals surface area contributed by atoms with Crippen molar-refractivity contribution >= 4 is 51.9 Å². The van der Waals surface area contributed by atoms with Crippen molar-refractivity contribution in [3.05, 3.63) is 63.5 Å². The van der Waals surface area contributed by atoms with E-state index in [1.54, 1.807) is 4.90 Å². The van der Waals surface area contributed by atoms with Crippen LogP contribution in [0.15, 0.2) is 52.4 Å². The summed E-state index contributed by atoms with van der Waals surface area (Å²) in [6.45, 7) is 9.32. The minimum Gasteiger partial charge on any atom is -0.369 e. The molecule has 0 spiro atoms. The predicted octanol–water partition coefficient (Wildman–Crippen LogP) is 6.69. The number of hydrogen-bond donors (Lipinski definition) is 0. The lowest BCUT2D eigenvalue weighted by Crippen LogP contribution is -2.45. The molecule has 0 bridgehead atoms. The van der Waals surface area contributed by atoms with Gasteiger partial charge in [0.2, 0.25) is 0 Å². The summed E-state index contributed by atoms with van der Waals surface area (Å²) >= 11 is 8.10. The summed E-state index contributed by atoms with van der Waals surface area (Å²) in [5.41, 5.74) is 4.25. The first-order chi connectivity index (χ1) is 14.7. The Morgan fingerprint density at radius 1 is 1.26 bits per heavy atom. The number of carbonyl (C=O) groups is 1. The van der Waals surface area contributed by atoms with E-state index in [4.69, 9.17) is 11.6 Å². The van der Waals surface area contributed by atoms with Gasteiger partial charge in [-0.25, -0.2) is 4.99 Å². The average Bonchev–Trinajstić information content (AvgIpc) is 3.02. The van der Waals surface area contributed by atoms with Gasteiger partial charge in [-0.15, -0.1) is 0 Å². The first-order valence-corrected chi connectivity index (χ1v) is 11.8. The number of hydrogen-bond acceptors (Lipinski definition) is 4. The van der Waals surface area contributed by atoms with Crippen LogP contribution in [0.5, 0.6) is 0 Å². The Bertz CT molecular complexity index is 1080. The molecule has 4 rings (SSSR count). The fourth-order valence-corrected chi connectivity index (χ4v) is 5.61. The van der Waals surface area contributed by atoms with E-state index in [2.05, 4.69) is 43.8 Å². The number of benzene rings is 2. The molecule has 0 aromatic heterocycles. The van der Waals surface area contributed by atoms with Crippen LogP contribution in [-0.2, 0) is 4.79 Å². The van der Waals surface area contributed by atoms with Crippen LogP contribution in [0.3, 0.4) is 0 Å². The summed E-state index contributed by atoms with van der Waals surface area (Å²) in [7, 11) is 2.13. The number of fused-ring (bicyclic) bond motifs is 1. The number of thioether (sulfide) groups is 1. The molecular weight excluding hydrogens is 426 g/mol. The van der Waals surface area contributed by atoms with E-state index in [1.807, 2.05) is 49.4 Å². The quantitative estimate of drug-likeness (QED) is 0.486. The van der Waals surface area contributed by atoms with E-state index in [0.717, 1.165) is 17.7 Å². The van der Waals surface area contributed by atoms with Gasteiger partial charge in [-0.05, 0) is 86.3 Å². The van der Waals surface area contributed by atoms with Gasteiger partial charge in [0.05, 0.1) is 10.6 Å². The lowest BCUT2D eigenvalue weighted by molar-refractivity contribution is -0.122. The van der Waals surface area contributed by atoms with Gasteiger partial charge in [0.1, 0.15) is 0 Å². The second-order valence-corrected chi connectivity index (χ2v) is 10.2. The Labute approximate surface area is 194 Å². The molecule has 1 saturated heterocycles. The van der Waals surface area contributed by atoms with Gasteiger partial charge < -0.3 is 4.90 Å². The molecule has 31 heavy (non-hydrogen) atoms. The highest BCUT2D eigenvalue weighted by atomic mass is 35.5. The second kappa shape index (κ2) is 8.36. The Morgan fingerprint density at radius 3 is 2.65 bits per heavy atom. The van der Waals surface area contributed by atoms with Gasteiger partial charge in [0.25, 0.3) is 5.91 Å². The molecule has 2 heterocycles. The van der Waals surface area contributed by atoms with Crippen LogP contribution in [0, 0.1) is 0 Å². The van der Waals surface area contributed by atoms with Crippen molar-refractivity contribution in [3.8, 4) is 0 Å². The van der Waals surface area contributed by atoms with E-state index < -0.39 is 0 Å². The van der Waals surface area contributed by atoms with E-state index in [1.165, 1.54) is 23.0 Å². The first-order valence-electron chi connectivity index (χ1n) is 10.6. The van der Waals surface area contributed by atoms with Crippen molar-refractivity contribution in [1.82, 2.24) is 4.90 Å². The van der Waals surface area contributed by atoms with Crippen LogP contribution in [0.2, 0.25) is 5.02 Å². The topological polar surface area (TPSA) is 35.9 Å². The average molecular weight is 454 g/mol. The van der Waals surface area contributed by atoms with Crippen LogP contribution >= 0.6 is 23.4 Å². The molecule has 6 heteroatoms. The zero-order valence-electron chi connectivity index (χ0n) is 18.6. The van der Waals surface area contributed by atoms with E-state index in [-0.39, 0.29) is 11.4 Å². The maximum absolute atomic E-state index is 13.0. The van der Waals surface area contributed by atoms with Crippen molar-refractivity contribution in [3.63, 3.8) is 0 Å². The summed E-state index contributed by atoms with van der Waals surface area (Å²) in [4.78, 5) is 22.4. The van der Waals surface area contributed by atoms with Crippen molar-refractivity contribution < 1.29 is 4.79 Å². The van der Waals surface area contributed by atoms with Gasteiger partial charge in [0.15, 0.2) is 5.17 Å². The molecule has 2 aromatic carbocycles. The summed E-state index contributed by atoms with van der Waals surface area (Å²) in [6.07, 6.45) is 2.98. The third-order valence-electron chi connectivity index (χ3n) is 6.22. The molecule has 2 aromatic rings. The molecule has 1 unspecified atom stereocenters. The number of nitrogens with zero attached hydrogens (tertiary/aromatic N) is 3. The number of aliphatic imine (C=N–C) groups is 1. The summed E-state index contributed by atoms with van der Waals surface area (Å²) in [6, 6.07) is 13.9. The van der Waals surface area contributed by atoms with Gasteiger partial charge >= 0.3 is 0 Å². The first kappa shape index (κ1) is 22.0. The van der Waals surface area contributed by atoms with Gasteiger partial charge in [-0.2, -0.15) is 0 Å². The van der Waals surface area contributed by atoms with E-state index >= 15 is 0 Å². The highest BCUT2D eigenvalue weighted by molar-refractivity contribution is 8.18. The number of carbonyl (C=O) groups excluding carboxylic acids is 1. The smallest absolute Gasteiger partial charge is 0.266 e. The maximum Gasteiger partial charge on any atom is 0.266 e. The molecular formula is C25H28ClN3OS. The van der Waals surface area contributed by atoms with Crippen LogP contribution < -0.4 is 4.90 Å². The standard InChI is InChI=1S/C25H28ClN3OS/c1-6-29-23(30)22(31-24(29)27-18-10-8-7-9-11-18)13-17-12-19-16(2)15-25(3,4)28(5)21(19)14-20(17)26/h7-14,16H,6,15H2,1-5H3/b22-13+,27-24?. The van der Waals surface area contributed by atoms with E-state index in [9.17, 15) is 4.79 Å². The highest BCUT2D eigenvalue weighted by Gasteiger charge is 2.35. The highest BCUT2D eigenvalue weighted by Crippen LogP contribution is 2.45. The Balaban J connectivity index is 1.71. The van der Waals surface area contributed by atoms with Crippen molar-refractivity contribution in [2.45, 2.75) is 45.6 Å². The van der Waals surface area contributed by atoms with Gasteiger partial charge in [-0.3, -0.25) is 9.69 Å². The molecule has 0 N–H and O–H groups in total. The molecule has 0 aliphatic carbocycles. The predicted molar refractivity (Wildman–Crippen MR) is 133 cm³/mol. The molecule has 2 aliphatic rings. The molecule has 0 radical (unpaired) electrons. The van der Waals surface area contributed by atoms with Crippen LogP contribution in [0.4, 0.5) is 11.4 Å². The monoisotopic (exact) mass is 453 g/mol. The molecule has 0 saturated carbocycles. The molecule has 1 amide bonds. The third kappa shape index (κ3) is 4.13. The summed E-state index contributed by atoms with van der Waals surface area (Å²) < 4.78 is 0. The Morgan fingerprint density at radius 2 is 1.97 bits per heavy atom. The normalized spacial score (nSPS) is 23.0. The Hall–Kier alpha value is -2.24. The van der Waals surface area contributed by atoms with Crippen molar-refractivity contribution in [1.29, 1.82) is 0 Å². The van der Waals surface area contributed by atoms with Crippen molar-refractivity contribution in [2.75, 3.05) is 18.5 Å². The number of para-hydroxylation sites is 1. The number of amidine groups is 1. The number of anilines is 1. The van der Waals surface area contributed by atoms with Gasteiger partial charge in [0, 0.05) is 29.8 Å². The lowest BCUT2D eigenvalue weighted by Gasteiger charge is -2.45. The minimum absolute atomic E-state index is 0.0257. The van der Waals surface area contributed by atoms with Crippen LogP contribution in [0.1, 0.15) is 51.2 Å². The SMILES string of the molecule is CCN1C(=O)/C(=C\c2cc3c(cc2Cl)N(C)C(C)(C)CC3C)SC1=Nc1ccccc1. The molecule has 1 atom stereocenters. The van der Waals surface area contributed by atoms with Crippen molar-refractivity contribution in [2.24, 2.45) is 4.99 Å². The molecule has 4 nitrogen and oxygen atoms in total. The molecule has 162 valence electrons. The number of rotatable bonds is 3. The molecule has 1 fully saturated rings. The number of likely N-dealkylation sites (N-methyl/N-ethyl adjacent to an activating group) is 1. The zero-order valence-corrected chi connectivity index (χ0v) is 20.2. The van der Waals surface area contributed by atoms with Crippen LogP contribution in [0.25, 0.3) is 6.08 Å². The van der Waals surface area contributed by atoms with Crippen LogP contribution in [-0.4, -0.2) is 35.1 Å². The minimum atomic E-state index is -0.0257. The van der Waals surface area contributed by atoms with E-state index in [0.29, 0.717) is 27.6 Å².